The number of aliphatic hydroxyl groups is 1. The summed E-state index contributed by atoms with van der Waals surface area (Å²) in [5.74, 6) is 1.54. The average Bonchev–Trinajstić information content (AvgIpc) is 2.57. The molecular formula is C17H30IN3O2. The van der Waals surface area contributed by atoms with E-state index in [0.29, 0.717) is 31.9 Å². The van der Waals surface area contributed by atoms with Gasteiger partial charge in [0.25, 0.3) is 0 Å². The van der Waals surface area contributed by atoms with Gasteiger partial charge in [-0.2, -0.15) is 0 Å². The maximum atomic E-state index is 10.3. The van der Waals surface area contributed by atoms with E-state index in [-0.39, 0.29) is 24.0 Å². The summed E-state index contributed by atoms with van der Waals surface area (Å²) in [4.78, 5) is 4.56. The fraction of sp³-hybridized carbons (Fsp3) is 0.588. The fourth-order valence-corrected chi connectivity index (χ4v) is 2.03. The van der Waals surface area contributed by atoms with E-state index in [1.807, 2.05) is 45.0 Å². The third-order valence-corrected chi connectivity index (χ3v) is 3.80. The number of hydrogen-bond acceptors (Lipinski definition) is 3. The largest absolute Gasteiger partial charge is 0.497 e. The zero-order valence-corrected chi connectivity index (χ0v) is 16.9. The molecule has 1 aromatic rings. The topological polar surface area (TPSA) is 65.9 Å². The zero-order valence-electron chi connectivity index (χ0n) is 14.6. The van der Waals surface area contributed by atoms with Crippen LogP contribution in [0.3, 0.4) is 0 Å². The van der Waals surface area contributed by atoms with E-state index in [9.17, 15) is 5.11 Å². The van der Waals surface area contributed by atoms with Gasteiger partial charge in [-0.25, -0.2) is 4.99 Å². The van der Waals surface area contributed by atoms with Crippen LogP contribution >= 0.6 is 24.0 Å². The van der Waals surface area contributed by atoms with Crippen molar-refractivity contribution in [3.8, 4) is 5.75 Å². The van der Waals surface area contributed by atoms with Crippen LogP contribution in [0.4, 0.5) is 0 Å². The number of hydrogen-bond donors (Lipinski definition) is 3. The van der Waals surface area contributed by atoms with Crippen LogP contribution in [0.15, 0.2) is 29.3 Å². The van der Waals surface area contributed by atoms with Gasteiger partial charge in [-0.05, 0) is 37.5 Å². The predicted octanol–water partition coefficient (Wildman–Crippen LogP) is 2.92. The molecule has 3 N–H and O–H groups in total. The lowest BCUT2D eigenvalue weighted by Gasteiger charge is -2.26. The Balaban J connectivity index is 0.00000484. The molecule has 0 aliphatic heterocycles. The minimum absolute atomic E-state index is 0. The number of guanidine groups is 1. The molecule has 0 saturated carbocycles. The maximum Gasteiger partial charge on any atom is 0.191 e. The summed E-state index contributed by atoms with van der Waals surface area (Å²) in [6.45, 7) is 7.83. The number of halogens is 1. The summed E-state index contributed by atoms with van der Waals surface area (Å²) >= 11 is 0. The smallest absolute Gasteiger partial charge is 0.191 e. The van der Waals surface area contributed by atoms with Gasteiger partial charge < -0.3 is 20.5 Å². The number of aliphatic imine (C=N–C) groups is 1. The van der Waals surface area contributed by atoms with Crippen LogP contribution < -0.4 is 15.4 Å². The number of nitrogens with zero attached hydrogens (tertiary/aromatic N) is 1. The molecule has 1 rings (SSSR count). The number of rotatable bonds is 8. The van der Waals surface area contributed by atoms with Crippen molar-refractivity contribution in [2.75, 3.05) is 20.2 Å². The highest BCUT2D eigenvalue weighted by atomic mass is 127. The Hall–Kier alpha value is -1.02. The summed E-state index contributed by atoms with van der Waals surface area (Å²) in [5, 5.41) is 16.8. The molecule has 23 heavy (non-hydrogen) atoms. The van der Waals surface area contributed by atoms with Crippen LogP contribution in [0.25, 0.3) is 0 Å². The van der Waals surface area contributed by atoms with E-state index < -0.39 is 5.60 Å². The van der Waals surface area contributed by atoms with E-state index in [4.69, 9.17) is 4.74 Å². The van der Waals surface area contributed by atoms with E-state index >= 15 is 0 Å². The van der Waals surface area contributed by atoms with Crippen LogP contribution in [-0.2, 0) is 6.54 Å². The molecule has 0 amide bonds. The Bertz CT molecular complexity index is 477. The average molecular weight is 435 g/mol. The van der Waals surface area contributed by atoms with E-state index in [1.54, 1.807) is 7.11 Å². The summed E-state index contributed by atoms with van der Waals surface area (Å²) in [7, 11) is 1.66. The number of methoxy groups -OCH3 is 1. The second-order valence-corrected chi connectivity index (χ2v) is 5.33. The minimum Gasteiger partial charge on any atom is -0.497 e. The number of nitrogens with one attached hydrogen (secondary N) is 2. The Morgan fingerprint density at radius 2 is 1.91 bits per heavy atom. The molecule has 6 heteroatoms. The van der Waals surface area contributed by atoms with Gasteiger partial charge in [0.2, 0.25) is 0 Å². The Morgan fingerprint density at radius 3 is 2.48 bits per heavy atom. The monoisotopic (exact) mass is 435 g/mol. The lowest BCUT2D eigenvalue weighted by molar-refractivity contribution is 0.0367. The van der Waals surface area contributed by atoms with Gasteiger partial charge in [-0.15, -0.1) is 24.0 Å². The summed E-state index contributed by atoms with van der Waals surface area (Å²) in [6.07, 6.45) is 1.43. The number of ether oxygens (including phenoxy) is 1. The van der Waals surface area contributed by atoms with Gasteiger partial charge in [0.1, 0.15) is 5.75 Å². The molecule has 5 nitrogen and oxygen atoms in total. The normalized spacial score (nSPS) is 11.6. The van der Waals surface area contributed by atoms with Crippen molar-refractivity contribution in [1.82, 2.24) is 10.6 Å². The molecule has 0 aliphatic rings. The van der Waals surface area contributed by atoms with Gasteiger partial charge >= 0.3 is 0 Å². The molecule has 132 valence electrons. The first kappa shape index (κ1) is 22.0. The van der Waals surface area contributed by atoms with Gasteiger partial charge in [0, 0.05) is 13.1 Å². The van der Waals surface area contributed by atoms with Crippen LogP contribution in [0.2, 0.25) is 0 Å². The second kappa shape index (κ2) is 11.5. The molecule has 0 saturated heterocycles. The molecule has 0 aromatic heterocycles. The van der Waals surface area contributed by atoms with Crippen molar-refractivity contribution >= 4 is 29.9 Å². The van der Waals surface area contributed by atoms with Crippen LogP contribution in [-0.4, -0.2) is 36.9 Å². The highest BCUT2D eigenvalue weighted by molar-refractivity contribution is 14.0. The molecule has 0 atom stereocenters. The van der Waals surface area contributed by atoms with Crippen LogP contribution in [0.5, 0.6) is 5.75 Å². The number of benzene rings is 1. The SMILES string of the molecule is CCNC(=NCc1cccc(OC)c1)NCC(O)(CC)CC.I. The molecule has 0 spiro atoms. The quantitative estimate of drug-likeness (QED) is 0.334. The Kier molecular flexibility index (Phi) is 11.0. The van der Waals surface area contributed by atoms with Gasteiger partial charge in [-0.3, -0.25) is 0 Å². The first-order valence-corrected chi connectivity index (χ1v) is 7.94. The summed E-state index contributed by atoms with van der Waals surface area (Å²) in [5.41, 5.74) is 0.393. The second-order valence-electron chi connectivity index (χ2n) is 5.33. The molecule has 0 unspecified atom stereocenters. The summed E-state index contributed by atoms with van der Waals surface area (Å²) < 4.78 is 5.22. The maximum absolute atomic E-state index is 10.3. The molecule has 0 bridgehead atoms. The highest BCUT2D eigenvalue weighted by Gasteiger charge is 2.22. The zero-order chi connectivity index (χ0) is 16.4. The van der Waals surface area contributed by atoms with E-state index in [2.05, 4.69) is 15.6 Å². The Labute approximate surface area is 156 Å². The third-order valence-electron chi connectivity index (χ3n) is 3.80. The summed E-state index contributed by atoms with van der Waals surface area (Å²) in [6, 6.07) is 7.86. The molecule has 1 aromatic carbocycles. The van der Waals surface area contributed by atoms with Crippen molar-refractivity contribution in [2.24, 2.45) is 4.99 Å². The van der Waals surface area contributed by atoms with Crippen molar-refractivity contribution < 1.29 is 9.84 Å². The molecular weight excluding hydrogens is 405 g/mol. The molecule has 0 aliphatic carbocycles. The predicted molar refractivity (Wildman–Crippen MR) is 107 cm³/mol. The highest BCUT2D eigenvalue weighted by Crippen LogP contribution is 2.14. The van der Waals surface area contributed by atoms with Crippen LogP contribution in [0, 0.1) is 0 Å². The van der Waals surface area contributed by atoms with E-state index in [0.717, 1.165) is 17.9 Å². The van der Waals surface area contributed by atoms with Crippen molar-refractivity contribution in [3.05, 3.63) is 29.8 Å². The van der Waals surface area contributed by atoms with Gasteiger partial charge in [-0.1, -0.05) is 26.0 Å². The third kappa shape index (κ3) is 7.87. The van der Waals surface area contributed by atoms with Crippen LogP contribution in [0.1, 0.15) is 39.2 Å². The van der Waals surface area contributed by atoms with Crippen molar-refractivity contribution in [3.63, 3.8) is 0 Å². The lowest BCUT2D eigenvalue weighted by Crippen LogP contribution is -2.46. The first-order valence-electron chi connectivity index (χ1n) is 7.94. The van der Waals surface area contributed by atoms with Crippen molar-refractivity contribution in [2.45, 2.75) is 45.8 Å². The van der Waals surface area contributed by atoms with Gasteiger partial charge in [0.15, 0.2) is 5.96 Å². The standard InChI is InChI=1S/C17H29N3O2.HI/c1-5-17(21,6-2)13-20-16(18-7-3)19-12-14-9-8-10-15(11-14)22-4;/h8-11,21H,5-7,12-13H2,1-4H3,(H2,18,19,20);1H. The van der Waals surface area contributed by atoms with Crippen molar-refractivity contribution in [1.29, 1.82) is 0 Å². The molecule has 0 radical (unpaired) electrons. The Morgan fingerprint density at radius 1 is 1.22 bits per heavy atom. The lowest BCUT2D eigenvalue weighted by atomic mass is 9.98. The fourth-order valence-electron chi connectivity index (χ4n) is 2.03. The van der Waals surface area contributed by atoms with E-state index in [1.165, 1.54) is 0 Å². The molecule has 0 heterocycles. The van der Waals surface area contributed by atoms with Gasteiger partial charge in [0.05, 0.1) is 19.3 Å². The minimum atomic E-state index is -0.688. The molecule has 0 fully saturated rings. The first-order chi connectivity index (χ1) is 10.6.